The molecule has 104 valence electrons. The van der Waals surface area contributed by atoms with Crippen LogP contribution in [0.25, 0.3) is 0 Å². The summed E-state index contributed by atoms with van der Waals surface area (Å²) >= 11 is 1.58. The Morgan fingerprint density at radius 2 is 2.21 bits per heavy atom. The molecule has 4 heteroatoms. The van der Waals surface area contributed by atoms with Crippen LogP contribution >= 0.6 is 11.8 Å². The second-order valence-corrected chi connectivity index (χ2v) is 6.14. The molecular weight excluding hydrogens is 260 g/mol. The summed E-state index contributed by atoms with van der Waals surface area (Å²) in [5.41, 5.74) is 1.28. The van der Waals surface area contributed by atoms with E-state index in [2.05, 4.69) is 12.1 Å². The van der Waals surface area contributed by atoms with Gasteiger partial charge >= 0.3 is 5.97 Å². The lowest BCUT2D eigenvalue weighted by Crippen LogP contribution is -2.21. The number of methoxy groups -OCH3 is 1. The third kappa shape index (κ3) is 3.90. The number of ether oxygens (including phenoxy) is 1. The first kappa shape index (κ1) is 14.3. The summed E-state index contributed by atoms with van der Waals surface area (Å²) in [5.74, 6) is 0.809. The van der Waals surface area contributed by atoms with Gasteiger partial charge in [-0.3, -0.25) is 4.79 Å². The molecule has 19 heavy (non-hydrogen) atoms. The second kappa shape index (κ2) is 6.85. The van der Waals surface area contributed by atoms with Crippen molar-refractivity contribution in [2.24, 2.45) is 0 Å². The molecule has 1 saturated carbocycles. The largest absolute Gasteiger partial charge is 0.497 e. The van der Waals surface area contributed by atoms with Crippen molar-refractivity contribution in [1.29, 1.82) is 0 Å². The first-order valence-corrected chi connectivity index (χ1v) is 7.73. The average molecular weight is 280 g/mol. The van der Waals surface area contributed by atoms with E-state index in [1.807, 2.05) is 12.1 Å². The van der Waals surface area contributed by atoms with Gasteiger partial charge in [-0.1, -0.05) is 25.0 Å². The van der Waals surface area contributed by atoms with Gasteiger partial charge < -0.3 is 9.84 Å². The smallest absolute Gasteiger partial charge is 0.313 e. The van der Waals surface area contributed by atoms with E-state index in [-0.39, 0.29) is 5.75 Å². The Hall–Kier alpha value is -1.16. The molecule has 0 unspecified atom stereocenters. The van der Waals surface area contributed by atoms with E-state index in [1.54, 1.807) is 18.9 Å². The van der Waals surface area contributed by atoms with Crippen LogP contribution < -0.4 is 4.74 Å². The SMILES string of the molecule is COc1cccc([C@@H]2CCCC[C@H]2SCC(=O)O)c1. The number of carboxylic acid groups (broad SMARTS) is 1. The highest BCUT2D eigenvalue weighted by Gasteiger charge is 2.27. The van der Waals surface area contributed by atoms with Crippen molar-refractivity contribution in [2.75, 3.05) is 12.9 Å². The summed E-state index contributed by atoms with van der Waals surface area (Å²) in [4.78, 5) is 10.7. The van der Waals surface area contributed by atoms with Crippen LogP contribution in [-0.2, 0) is 4.79 Å². The summed E-state index contributed by atoms with van der Waals surface area (Å²) in [6, 6.07) is 8.19. The Morgan fingerprint density at radius 1 is 1.42 bits per heavy atom. The molecule has 0 aromatic heterocycles. The van der Waals surface area contributed by atoms with Crippen LogP contribution in [0.3, 0.4) is 0 Å². The Balaban J connectivity index is 2.11. The van der Waals surface area contributed by atoms with Gasteiger partial charge in [0.2, 0.25) is 0 Å². The molecule has 1 N–H and O–H groups in total. The Bertz CT molecular complexity index is 433. The van der Waals surface area contributed by atoms with E-state index in [0.29, 0.717) is 11.2 Å². The molecule has 0 aliphatic heterocycles. The number of thioether (sulfide) groups is 1. The van der Waals surface area contributed by atoms with Gasteiger partial charge in [-0.15, -0.1) is 11.8 Å². The minimum Gasteiger partial charge on any atom is -0.497 e. The molecule has 1 aromatic rings. The van der Waals surface area contributed by atoms with Crippen molar-refractivity contribution < 1.29 is 14.6 Å². The number of aliphatic carboxylic acids is 1. The average Bonchev–Trinajstić information content (AvgIpc) is 2.45. The van der Waals surface area contributed by atoms with E-state index >= 15 is 0 Å². The molecule has 0 heterocycles. The van der Waals surface area contributed by atoms with Gasteiger partial charge in [-0.05, 0) is 36.5 Å². The zero-order valence-electron chi connectivity index (χ0n) is 11.2. The summed E-state index contributed by atoms with van der Waals surface area (Å²) in [7, 11) is 1.68. The lowest BCUT2D eigenvalue weighted by molar-refractivity contribution is -0.133. The molecule has 2 rings (SSSR count). The molecule has 0 amide bonds. The van der Waals surface area contributed by atoms with Gasteiger partial charge in [0.25, 0.3) is 0 Å². The fourth-order valence-corrected chi connectivity index (χ4v) is 3.94. The first-order chi connectivity index (χ1) is 9.20. The molecule has 0 spiro atoms. The lowest BCUT2D eigenvalue weighted by Gasteiger charge is -2.31. The molecule has 1 fully saturated rings. The fraction of sp³-hybridized carbons (Fsp3) is 0.533. The summed E-state index contributed by atoms with van der Waals surface area (Å²) < 4.78 is 5.28. The summed E-state index contributed by atoms with van der Waals surface area (Å²) in [6.07, 6.45) is 4.69. The molecule has 1 aliphatic carbocycles. The number of hydrogen-bond acceptors (Lipinski definition) is 3. The van der Waals surface area contributed by atoms with Crippen molar-refractivity contribution in [3.05, 3.63) is 29.8 Å². The molecule has 0 bridgehead atoms. The molecular formula is C15H20O3S. The maximum atomic E-state index is 10.7. The topological polar surface area (TPSA) is 46.5 Å². The predicted molar refractivity (Wildman–Crippen MR) is 78.1 cm³/mol. The van der Waals surface area contributed by atoms with Gasteiger partial charge in [-0.25, -0.2) is 0 Å². The van der Waals surface area contributed by atoms with Gasteiger partial charge in [-0.2, -0.15) is 0 Å². The molecule has 0 saturated heterocycles. The molecule has 1 aliphatic rings. The lowest BCUT2D eigenvalue weighted by atomic mass is 9.83. The molecule has 3 nitrogen and oxygen atoms in total. The van der Waals surface area contributed by atoms with Gasteiger partial charge in [0.05, 0.1) is 12.9 Å². The Kier molecular flexibility index (Phi) is 5.14. The minimum absolute atomic E-state index is 0.200. The van der Waals surface area contributed by atoms with Crippen molar-refractivity contribution >= 4 is 17.7 Å². The van der Waals surface area contributed by atoms with Crippen LogP contribution in [0.2, 0.25) is 0 Å². The van der Waals surface area contributed by atoms with E-state index in [1.165, 1.54) is 18.4 Å². The maximum absolute atomic E-state index is 10.7. The number of carboxylic acids is 1. The van der Waals surface area contributed by atoms with E-state index < -0.39 is 5.97 Å². The van der Waals surface area contributed by atoms with Crippen LogP contribution in [0.15, 0.2) is 24.3 Å². The monoisotopic (exact) mass is 280 g/mol. The summed E-state index contributed by atoms with van der Waals surface area (Å²) in [6.45, 7) is 0. The molecule has 1 aromatic carbocycles. The van der Waals surface area contributed by atoms with Crippen molar-refractivity contribution in [3.63, 3.8) is 0 Å². The van der Waals surface area contributed by atoms with Crippen LogP contribution in [0.4, 0.5) is 0 Å². The van der Waals surface area contributed by atoms with Crippen LogP contribution in [-0.4, -0.2) is 29.2 Å². The molecule has 0 radical (unpaired) electrons. The van der Waals surface area contributed by atoms with Crippen LogP contribution in [0.1, 0.15) is 37.2 Å². The highest BCUT2D eigenvalue weighted by Crippen LogP contribution is 2.40. The van der Waals surface area contributed by atoms with Gasteiger partial charge in [0.15, 0.2) is 0 Å². The number of benzene rings is 1. The predicted octanol–water partition coefficient (Wildman–Crippen LogP) is 3.54. The zero-order valence-corrected chi connectivity index (χ0v) is 12.0. The number of carbonyl (C=O) groups is 1. The van der Waals surface area contributed by atoms with Crippen molar-refractivity contribution in [3.8, 4) is 5.75 Å². The van der Waals surface area contributed by atoms with E-state index in [0.717, 1.165) is 18.6 Å². The van der Waals surface area contributed by atoms with Crippen molar-refractivity contribution in [1.82, 2.24) is 0 Å². The van der Waals surface area contributed by atoms with E-state index in [9.17, 15) is 4.79 Å². The highest BCUT2D eigenvalue weighted by molar-refractivity contribution is 8.00. The fourth-order valence-electron chi connectivity index (χ4n) is 2.73. The third-order valence-corrected chi connectivity index (χ3v) is 5.05. The zero-order chi connectivity index (χ0) is 13.7. The number of hydrogen-bond donors (Lipinski definition) is 1. The normalized spacial score (nSPS) is 23.0. The summed E-state index contributed by atoms with van der Waals surface area (Å²) in [5, 5.41) is 9.26. The highest BCUT2D eigenvalue weighted by atomic mass is 32.2. The maximum Gasteiger partial charge on any atom is 0.313 e. The van der Waals surface area contributed by atoms with Gasteiger partial charge in [0.1, 0.15) is 5.75 Å². The quantitative estimate of drug-likeness (QED) is 0.896. The molecule has 2 atom stereocenters. The van der Waals surface area contributed by atoms with Crippen LogP contribution in [0.5, 0.6) is 5.75 Å². The van der Waals surface area contributed by atoms with E-state index in [4.69, 9.17) is 9.84 Å². The van der Waals surface area contributed by atoms with Crippen molar-refractivity contribution in [2.45, 2.75) is 36.9 Å². The number of rotatable bonds is 5. The van der Waals surface area contributed by atoms with Gasteiger partial charge in [0, 0.05) is 5.25 Å². The minimum atomic E-state index is -0.722. The Morgan fingerprint density at radius 3 is 2.95 bits per heavy atom. The second-order valence-electron chi connectivity index (χ2n) is 4.91. The Labute approximate surface area is 118 Å². The van der Waals surface area contributed by atoms with Crippen LogP contribution in [0, 0.1) is 0 Å². The first-order valence-electron chi connectivity index (χ1n) is 6.68. The third-order valence-electron chi connectivity index (χ3n) is 3.65. The standard InChI is InChI=1S/C15H20O3S/c1-18-12-6-4-5-11(9-12)13-7-2-3-8-14(13)19-10-15(16)17/h4-6,9,13-14H,2-3,7-8,10H2,1H3,(H,16,17)/t13-,14+/m0/s1.